The normalized spacial score (nSPS) is 19.1. The highest BCUT2D eigenvalue weighted by atomic mass is 32.1. The zero-order valence-corrected chi connectivity index (χ0v) is 23.5. The van der Waals surface area contributed by atoms with Crippen LogP contribution in [0.4, 0.5) is 10.5 Å². The Balaban J connectivity index is 1.31. The fourth-order valence-corrected chi connectivity index (χ4v) is 6.95. The average molecular weight is 564 g/mol. The van der Waals surface area contributed by atoms with Crippen molar-refractivity contribution in [1.29, 1.82) is 0 Å². The smallest absolute Gasteiger partial charge is 0.334 e. The third kappa shape index (κ3) is 4.60. The first-order valence-corrected chi connectivity index (χ1v) is 14.4. The molecule has 0 saturated carbocycles. The number of piperidine rings is 1. The van der Waals surface area contributed by atoms with Gasteiger partial charge in [0.25, 0.3) is 5.91 Å². The van der Waals surface area contributed by atoms with Crippen molar-refractivity contribution in [2.24, 2.45) is 5.73 Å². The van der Waals surface area contributed by atoms with Gasteiger partial charge in [-0.1, -0.05) is 12.1 Å². The number of nitrogens with one attached hydrogen (secondary N) is 1. The number of thiophene rings is 1. The third-order valence-electron chi connectivity index (χ3n) is 7.75. The summed E-state index contributed by atoms with van der Waals surface area (Å²) < 4.78 is 5.43. The van der Waals surface area contributed by atoms with E-state index in [0.717, 1.165) is 37.2 Å². The number of fused-ring (bicyclic) bond motifs is 3. The molecule has 3 N–H and O–H groups in total. The molecule has 2 saturated heterocycles. The molecule has 40 heavy (non-hydrogen) atoms. The maximum atomic E-state index is 14.0. The van der Waals surface area contributed by atoms with E-state index in [-0.39, 0.29) is 17.7 Å². The highest BCUT2D eigenvalue weighted by Crippen LogP contribution is 2.45. The van der Waals surface area contributed by atoms with Crippen LogP contribution >= 0.6 is 11.3 Å². The Hall–Kier alpha value is -3.58. The number of rotatable bonds is 6. The summed E-state index contributed by atoms with van der Waals surface area (Å²) in [5.41, 5.74) is 8.83. The number of amides is 3. The molecule has 4 heterocycles. The molecule has 2 fully saturated rings. The lowest BCUT2D eigenvalue weighted by atomic mass is 10.0. The molecule has 2 aliphatic heterocycles. The fraction of sp³-hybridized carbons (Fsp3) is 0.429. The minimum absolute atomic E-state index is 0.0264. The van der Waals surface area contributed by atoms with Crippen molar-refractivity contribution in [3.8, 4) is 21.8 Å². The van der Waals surface area contributed by atoms with Crippen molar-refractivity contribution >= 4 is 34.7 Å². The lowest BCUT2D eigenvalue weighted by molar-refractivity contribution is 0.0364. The van der Waals surface area contributed by atoms with Gasteiger partial charge in [0.2, 0.25) is 0 Å². The minimum Gasteiger partial charge on any atom is -0.379 e. The molecule has 3 amide bonds. The zero-order chi connectivity index (χ0) is 28.0. The van der Waals surface area contributed by atoms with Crippen molar-refractivity contribution in [1.82, 2.24) is 25.0 Å². The lowest BCUT2D eigenvalue weighted by Crippen LogP contribution is -2.54. The molecule has 1 aromatic carbocycles. The number of morpholine rings is 1. The van der Waals surface area contributed by atoms with Gasteiger partial charge in [-0.25, -0.2) is 14.8 Å². The number of urea groups is 1. The number of aromatic nitrogens is 2. The van der Waals surface area contributed by atoms with Crippen molar-refractivity contribution < 1.29 is 19.1 Å². The molecule has 3 aliphatic rings. The van der Waals surface area contributed by atoms with Crippen LogP contribution in [0.15, 0.2) is 30.3 Å². The predicted octanol–water partition coefficient (Wildman–Crippen LogP) is 3.04. The molecule has 6 rings (SSSR count). The summed E-state index contributed by atoms with van der Waals surface area (Å²) in [5.74, 6) is -0.203. The number of likely N-dealkylation sites (tertiary alicyclic amines) is 1. The summed E-state index contributed by atoms with van der Waals surface area (Å²) in [5, 5.41) is 10.7. The van der Waals surface area contributed by atoms with Gasteiger partial charge in [-0.3, -0.25) is 14.7 Å². The number of carbonyl (C=O) groups is 3. The highest BCUT2D eigenvalue weighted by molar-refractivity contribution is 7.17. The number of ketones is 1. The van der Waals surface area contributed by atoms with Crippen molar-refractivity contribution in [3.63, 3.8) is 0 Å². The maximum Gasteiger partial charge on any atom is 0.334 e. The van der Waals surface area contributed by atoms with E-state index in [4.69, 9.17) is 10.5 Å². The van der Waals surface area contributed by atoms with Crippen LogP contribution in [0.2, 0.25) is 0 Å². The van der Waals surface area contributed by atoms with E-state index in [0.29, 0.717) is 64.9 Å². The Kier molecular flexibility index (Phi) is 7.17. The number of hydrogen-bond acceptors (Lipinski definition) is 8. The first kappa shape index (κ1) is 26.6. The van der Waals surface area contributed by atoms with Gasteiger partial charge in [0.15, 0.2) is 5.78 Å². The van der Waals surface area contributed by atoms with E-state index in [1.54, 1.807) is 17.1 Å². The second kappa shape index (κ2) is 10.8. The summed E-state index contributed by atoms with van der Waals surface area (Å²) in [4.78, 5) is 45.6. The molecule has 1 unspecified atom stereocenters. The number of nitrogens with zero attached hydrogens (tertiary/aromatic N) is 5. The SMILES string of the molecule is CN(C)CC1CCCCN1C(=O)c1ccc(-c2[nH]nc3c2C(=O)c2c-3cccc2N(C(N)=O)N2CCOCC2)s1. The molecule has 12 heteroatoms. The number of H-pyrrole nitrogens is 1. The Bertz CT molecular complexity index is 1460. The lowest BCUT2D eigenvalue weighted by Gasteiger charge is -2.37. The van der Waals surface area contributed by atoms with Crippen molar-refractivity contribution in [2.75, 3.05) is 58.5 Å². The van der Waals surface area contributed by atoms with Gasteiger partial charge in [-0.15, -0.1) is 11.3 Å². The largest absolute Gasteiger partial charge is 0.379 e. The van der Waals surface area contributed by atoms with Crippen LogP contribution in [-0.4, -0.2) is 102 Å². The highest BCUT2D eigenvalue weighted by Gasteiger charge is 2.38. The topological polar surface area (TPSA) is 128 Å². The molecule has 1 aliphatic carbocycles. The number of anilines is 1. The molecular weight excluding hydrogens is 530 g/mol. The van der Waals surface area contributed by atoms with Gasteiger partial charge in [-0.05, 0) is 51.6 Å². The minimum atomic E-state index is -0.666. The summed E-state index contributed by atoms with van der Waals surface area (Å²) in [6.07, 6.45) is 3.13. The van der Waals surface area contributed by atoms with Gasteiger partial charge in [-0.2, -0.15) is 5.10 Å². The van der Waals surface area contributed by atoms with Crippen LogP contribution in [0.5, 0.6) is 0 Å². The molecule has 0 spiro atoms. The number of nitrogens with two attached hydrogens (primary N) is 1. The average Bonchev–Trinajstić information content (AvgIpc) is 3.66. The molecule has 2 aromatic heterocycles. The molecule has 1 atom stereocenters. The van der Waals surface area contributed by atoms with E-state index in [2.05, 4.69) is 15.1 Å². The van der Waals surface area contributed by atoms with Gasteiger partial charge < -0.3 is 20.3 Å². The maximum absolute atomic E-state index is 14.0. The number of benzene rings is 1. The van der Waals surface area contributed by atoms with Crippen LogP contribution in [0, 0.1) is 0 Å². The molecule has 210 valence electrons. The number of carbonyl (C=O) groups excluding carboxylic acids is 3. The molecular formula is C28H33N7O4S. The number of ether oxygens (including phenoxy) is 1. The van der Waals surface area contributed by atoms with Crippen LogP contribution in [-0.2, 0) is 4.74 Å². The van der Waals surface area contributed by atoms with E-state index >= 15 is 0 Å². The van der Waals surface area contributed by atoms with Gasteiger partial charge >= 0.3 is 6.03 Å². The Morgan fingerprint density at radius 2 is 1.93 bits per heavy atom. The summed E-state index contributed by atoms with van der Waals surface area (Å²) >= 11 is 1.36. The van der Waals surface area contributed by atoms with E-state index in [9.17, 15) is 14.4 Å². The van der Waals surface area contributed by atoms with Crippen LogP contribution in [0.25, 0.3) is 21.8 Å². The molecule has 11 nitrogen and oxygen atoms in total. The summed E-state index contributed by atoms with van der Waals surface area (Å²) in [7, 11) is 4.06. The first-order chi connectivity index (χ1) is 19.3. The van der Waals surface area contributed by atoms with Crippen LogP contribution in [0.1, 0.15) is 44.9 Å². The molecule has 0 radical (unpaired) electrons. The second-order valence-electron chi connectivity index (χ2n) is 10.6. The van der Waals surface area contributed by atoms with Crippen LogP contribution in [0.3, 0.4) is 0 Å². The van der Waals surface area contributed by atoms with Gasteiger partial charge in [0.1, 0.15) is 5.69 Å². The van der Waals surface area contributed by atoms with Gasteiger partial charge in [0.05, 0.1) is 45.5 Å². The number of likely N-dealkylation sites (N-methyl/N-ethyl adjacent to an activating group) is 1. The Morgan fingerprint density at radius 3 is 2.67 bits per heavy atom. The predicted molar refractivity (Wildman–Crippen MR) is 152 cm³/mol. The zero-order valence-electron chi connectivity index (χ0n) is 22.7. The standard InChI is InChI=1S/C28H33N7O4S/c1-32(2)16-17-6-3-4-11-34(17)27(37)21-10-9-20(40-21)25-23-24(30-31-25)18-7-5-8-19(22(18)26(23)36)35(28(29)38)33-12-14-39-15-13-33/h5,7-10,17H,3-4,6,11-16H2,1-2H3,(H2,29,38)(H,30,31). The molecule has 0 bridgehead atoms. The number of aromatic amines is 1. The second-order valence-corrected chi connectivity index (χ2v) is 11.7. The fourth-order valence-electron chi connectivity index (χ4n) is 5.99. The summed E-state index contributed by atoms with van der Waals surface area (Å²) in [6.45, 7) is 3.47. The number of hydrazine groups is 1. The summed E-state index contributed by atoms with van der Waals surface area (Å²) in [6, 6.07) is 8.59. The Morgan fingerprint density at radius 1 is 1.12 bits per heavy atom. The van der Waals surface area contributed by atoms with Crippen LogP contribution < -0.4 is 10.7 Å². The van der Waals surface area contributed by atoms with E-state index < -0.39 is 6.03 Å². The van der Waals surface area contributed by atoms with E-state index in [1.165, 1.54) is 16.3 Å². The number of primary amides is 1. The molecule has 3 aromatic rings. The quantitative estimate of drug-likeness (QED) is 0.369. The monoisotopic (exact) mass is 563 g/mol. The Labute approximate surface area is 236 Å². The number of hydrogen-bond donors (Lipinski definition) is 2. The van der Waals surface area contributed by atoms with Crippen molar-refractivity contribution in [3.05, 3.63) is 46.3 Å². The van der Waals surface area contributed by atoms with Crippen molar-refractivity contribution in [2.45, 2.75) is 25.3 Å². The third-order valence-corrected chi connectivity index (χ3v) is 8.84. The van der Waals surface area contributed by atoms with Gasteiger partial charge in [0, 0.05) is 37.8 Å². The van der Waals surface area contributed by atoms with E-state index in [1.807, 2.05) is 37.2 Å². The first-order valence-electron chi connectivity index (χ1n) is 13.6.